The highest BCUT2D eigenvalue weighted by atomic mass is 16.2. The average molecular weight is 381 g/mol. The van der Waals surface area contributed by atoms with Crippen LogP contribution in [0.25, 0.3) is 0 Å². The van der Waals surface area contributed by atoms with Gasteiger partial charge in [0.1, 0.15) is 11.6 Å². The van der Waals surface area contributed by atoms with Crippen LogP contribution in [-0.2, 0) is 11.2 Å². The molecule has 0 radical (unpaired) electrons. The lowest BCUT2D eigenvalue weighted by Crippen LogP contribution is -2.49. The number of benzene rings is 1. The summed E-state index contributed by atoms with van der Waals surface area (Å²) in [5, 5.41) is 0. The summed E-state index contributed by atoms with van der Waals surface area (Å²) in [5.74, 6) is 2.50. The van der Waals surface area contributed by atoms with E-state index < -0.39 is 0 Å². The molecule has 5 heteroatoms. The first-order valence-electron chi connectivity index (χ1n) is 10.3. The van der Waals surface area contributed by atoms with Gasteiger partial charge in [0.05, 0.1) is 0 Å². The second-order valence-corrected chi connectivity index (χ2v) is 8.29. The number of piperazine rings is 1. The Morgan fingerprint density at radius 1 is 1.00 bits per heavy atom. The van der Waals surface area contributed by atoms with Crippen molar-refractivity contribution in [1.29, 1.82) is 0 Å². The lowest BCUT2D eigenvalue weighted by Gasteiger charge is -2.37. The van der Waals surface area contributed by atoms with Crippen molar-refractivity contribution in [3.8, 4) is 0 Å². The van der Waals surface area contributed by atoms with E-state index in [9.17, 15) is 4.79 Å². The molecule has 1 aliphatic rings. The molecular formula is C23H32N4O. The number of amides is 1. The molecule has 1 aliphatic heterocycles. The van der Waals surface area contributed by atoms with Gasteiger partial charge in [0.15, 0.2) is 0 Å². The molecule has 0 aliphatic carbocycles. The number of rotatable bonds is 5. The molecule has 1 aromatic carbocycles. The number of hydrogen-bond acceptors (Lipinski definition) is 4. The van der Waals surface area contributed by atoms with Gasteiger partial charge < -0.3 is 9.80 Å². The predicted octanol–water partition coefficient (Wildman–Crippen LogP) is 3.69. The topological polar surface area (TPSA) is 49.3 Å². The zero-order valence-corrected chi connectivity index (χ0v) is 17.8. The van der Waals surface area contributed by atoms with Crippen molar-refractivity contribution in [3.63, 3.8) is 0 Å². The van der Waals surface area contributed by atoms with Crippen LogP contribution in [0.2, 0.25) is 0 Å². The molecule has 150 valence electrons. The third-order valence-corrected chi connectivity index (χ3v) is 5.32. The van der Waals surface area contributed by atoms with Crippen LogP contribution in [0, 0.1) is 26.7 Å². The van der Waals surface area contributed by atoms with Gasteiger partial charge in [-0.25, -0.2) is 9.97 Å². The van der Waals surface area contributed by atoms with Crippen molar-refractivity contribution in [3.05, 3.63) is 52.5 Å². The van der Waals surface area contributed by atoms with E-state index in [1.54, 1.807) is 0 Å². The Labute approximate surface area is 168 Å². The molecule has 0 spiro atoms. The van der Waals surface area contributed by atoms with E-state index in [0.717, 1.165) is 49.9 Å². The quantitative estimate of drug-likeness (QED) is 0.794. The summed E-state index contributed by atoms with van der Waals surface area (Å²) in [4.78, 5) is 26.1. The molecule has 2 aromatic rings. The number of aryl methyl sites for hydroxylation is 3. The molecule has 0 N–H and O–H groups in total. The molecule has 2 heterocycles. The van der Waals surface area contributed by atoms with E-state index >= 15 is 0 Å². The minimum Gasteiger partial charge on any atom is -0.353 e. The van der Waals surface area contributed by atoms with Crippen LogP contribution in [0.5, 0.6) is 0 Å². The summed E-state index contributed by atoms with van der Waals surface area (Å²) in [5.41, 5.74) is 4.77. The van der Waals surface area contributed by atoms with E-state index in [4.69, 9.17) is 4.98 Å². The van der Waals surface area contributed by atoms with E-state index in [1.165, 1.54) is 16.7 Å². The first-order valence-corrected chi connectivity index (χ1v) is 10.3. The Bertz CT molecular complexity index is 821. The standard InChI is InChI=1S/C23H32N4O/c1-16(2)14-22(28)26-10-12-27(13-11-26)23-21(18(4)24-19(5)25-23)15-20-8-6-17(3)7-9-20/h6-9,16H,10-15H2,1-5H3. The molecule has 0 bridgehead atoms. The Morgan fingerprint density at radius 2 is 1.64 bits per heavy atom. The van der Waals surface area contributed by atoms with E-state index in [0.29, 0.717) is 12.3 Å². The van der Waals surface area contributed by atoms with Crippen LogP contribution in [0.4, 0.5) is 5.82 Å². The van der Waals surface area contributed by atoms with Crippen molar-refractivity contribution >= 4 is 11.7 Å². The minimum atomic E-state index is 0.268. The van der Waals surface area contributed by atoms with Crippen LogP contribution in [-0.4, -0.2) is 47.0 Å². The van der Waals surface area contributed by atoms with Crippen molar-refractivity contribution < 1.29 is 4.79 Å². The molecule has 5 nitrogen and oxygen atoms in total. The zero-order valence-electron chi connectivity index (χ0n) is 17.8. The Morgan fingerprint density at radius 3 is 2.25 bits per heavy atom. The zero-order chi connectivity index (χ0) is 20.3. The van der Waals surface area contributed by atoms with Gasteiger partial charge in [-0.05, 0) is 32.3 Å². The number of carbonyl (C=O) groups is 1. The van der Waals surface area contributed by atoms with Gasteiger partial charge in [-0.1, -0.05) is 43.7 Å². The molecular weight excluding hydrogens is 348 g/mol. The maximum absolute atomic E-state index is 12.4. The lowest BCUT2D eigenvalue weighted by atomic mass is 10.0. The summed E-state index contributed by atoms with van der Waals surface area (Å²) < 4.78 is 0. The fraction of sp³-hybridized carbons (Fsp3) is 0.522. The first-order chi connectivity index (χ1) is 13.3. The molecule has 0 atom stereocenters. The summed E-state index contributed by atoms with van der Waals surface area (Å²) in [6, 6.07) is 8.67. The molecule has 0 unspecified atom stereocenters. The van der Waals surface area contributed by atoms with Gasteiger partial charge in [-0.2, -0.15) is 0 Å². The third kappa shape index (κ3) is 4.89. The van der Waals surface area contributed by atoms with Gasteiger partial charge in [0.25, 0.3) is 0 Å². The highest BCUT2D eigenvalue weighted by Crippen LogP contribution is 2.25. The van der Waals surface area contributed by atoms with Gasteiger partial charge in [-0.3, -0.25) is 4.79 Å². The normalized spacial score (nSPS) is 14.6. The second kappa shape index (κ2) is 8.72. The monoisotopic (exact) mass is 380 g/mol. The first kappa shape index (κ1) is 20.3. The number of hydrogen-bond donors (Lipinski definition) is 0. The number of anilines is 1. The predicted molar refractivity (Wildman–Crippen MR) is 114 cm³/mol. The molecule has 28 heavy (non-hydrogen) atoms. The number of aromatic nitrogens is 2. The fourth-order valence-electron chi connectivity index (χ4n) is 3.74. The Kier molecular flexibility index (Phi) is 6.32. The smallest absolute Gasteiger partial charge is 0.222 e. The van der Waals surface area contributed by atoms with Crippen molar-refractivity contribution in [2.45, 2.75) is 47.5 Å². The maximum Gasteiger partial charge on any atom is 0.222 e. The van der Waals surface area contributed by atoms with Crippen LogP contribution in [0.15, 0.2) is 24.3 Å². The maximum atomic E-state index is 12.4. The highest BCUT2D eigenvalue weighted by Gasteiger charge is 2.25. The minimum absolute atomic E-state index is 0.268. The van der Waals surface area contributed by atoms with E-state index in [2.05, 4.69) is 61.8 Å². The number of carbonyl (C=O) groups excluding carboxylic acids is 1. The Balaban J connectivity index is 1.78. The SMILES string of the molecule is Cc1ccc(Cc2c(C)nc(C)nc2N2CCN(C(=O)CC(C)C)CC2)cc1. The third-order valence-electron chi connectivity index (χ3n) is 5.32. The Hall–Kier alpha value is -2.43. The summed E-state index contributed by atoms with van der Waals surface area (Å²) in [7, 11) is 0. The van der Waals surface area contributed by atoms with Crippen LogP contribution >= 0.6 is 0 Å². The van der Waals surface area contributed by atoms with Crippen molar-refractivity contribution in [2.24, 2.45) is 5.92 Å². The number of nitrogens with zero attached hydrogens (tertiary/aromatic N) is 4. The molecule has 0 saturated carbocycles. The molecule has 3 rings (SSSR count). The molecule has 1 amide bonds. The highest BCUT2D eigenvalue weighted by molar-refractivity contribution is 5.76. The van der Waals surface area contributed by atoms with E-state index in [1.807, 2.05) is 11.8 Å². The van der Waals surface area contributed by atoms with Crippen LogP contribution < -0.4 is 4.90 Å². The second-order valence-electron chi connectivity index (χ2n) is 8.29. The van der Waals surface area contributed by atoms with Gasteiger partial charge in [-0.15, -0.1) is 0 Å². The molecule has 1 fully saturated rings. The van der Waals surface area contributed by atoms with Gasteiger partial charge in [0, 0.05) is 50.3 Å². The van der Waals surface area contributed by atoms with Crippen molar-refractivity contribution in [1.82, 2.24) is 14.9 Å². The lowest BCUT2D eigenvalue weighted by molar-refractivity contribution is -0.132. The van der Waals surface area contributed by atoms with Crippen LogP contribution in [0.3, 0.4) is 0 Å². The largest absolute Gasteiger partial charge is 0.353 e. The van der Waals surface area contributed by atoms with Gasteiger partial charge >= 0.3 is 0 Å². The summed E-state index contributed by atoms with van der Waals surface area (Å²) in [6.45, 7) is 13.5. The van der Waals surface area contributed by atoms with Crippen LogP contribution in [0.1, 0.15) is 48.5 Å². The molecule has 1 aromatic heterocycles. The molecule has 1 saturated heterocycles. The van der Waals surface area contributed by atoms with Crippen molar-refractivity contribution in [2.75, 3.05) is 31.1 Å². The average Bonchev–Trinajstić information content (AvgIpc) is 2.65. The van der Waals surface area contributed by atoms with Gasteiger partial charge in [0.2, 0.25) is 5.91 Å². The summed E-state index contributed by atoms with van der Waals surface area (Å²) in [6.07, 6.45) is 1.46. The summed E-state index contributed by atoms with van der Waals surface area (Å²) >= 11 is 0. The van der Waals surface area contributed by atoms with E-state index in [-0.39, 0.29) is 5.91 Å². The fourth-order valence-corrected chi connectivity index (χ4v) is 3.74.